The van der Waals surface area contributed by atoms with E-state index in [0.29, 0.717) is 5.69 Å². The number of carbonyl (C=O) groups excluding carboxylic acids is 2. The second-order valence-electron chi connectivity index (χ2n) is 4.47. The molecule has 0 aliphatic carbocycles. The molecule has 2 rings (SSSR count). The van der Waals surface area contributed by atoms with Crippen molar-refractivity contribution in [2.75, 3.05) is 11.9 Å². The summed E-state index contributed by atoms with van der Waals surface area (Å²) in [5, 5.41) is 2.67. The van der Waals surface area contributed by atoms with E-state index in [0.717, 1.165) is 11.1 Å². The molecular weight excluding hydrogens is 266 g/mol. The third-order valence-electron chi connectivity index (χ3n) is 2.89. The van der Waals surface area contributed by atoms with E-state index in [4.69, 9.17) is 4.74 Å². The van der Waals surface area contributed by atoms with Gasteiger partial charge in [-0.1, -0.05) is 42.5 Å². The van der Waals surface area contributed by atoms with Crippen LogP contribution in [-0.4, -0.2) is 18.5 Å². The number of nitrogens with one attached hydrogen (secondary N) is 1. The monoisotopic (exact) mass is 283 g/mol. The van der Waals surface area contributed by atoms with Gasteiger partial charge < -0.3 is 10.1 Å². The Morgan fingerprint density at radius 1 is 0.952 bits per heavy atom. The van der Waals surface area contributed by atoms with Crippen molar-refractivity contribution in [2.45, 2.75) is 13.3 Å². The molecule has 1 amide bonds. The van der Waals surface area contributed by atoms with Crippen LogP contribution in [0.1, 0.15) is 13.3 Å². The molecule has 0 aliphatic heterocycles. The van der Waals surface area contributed by atoms with Crippen LogP contribution in [0, 0.1) is 0 Å². The predicted octanol–water partition coefficient (Wildman–Crippen LogP) is 3.25. The summed E-state index contributed by atoms with van der Waals surface area (Å²) in [5.41, 5.74) is 2.84. The van der Waals surface area contributed by atoms with Crippen molar-refractivity contribution in [2.24, 2.45) is 0 Å². The predicted molar refractivity (Wildman–Crippen MR) is 81.8 cm³/mol. The Bertz CT molecular complexity index is 606. The second kappa shape index (κ2) is 7.24. The Morgan fingerprint density at radius 2 is 1.57 bits per heavy atom. The smallest absolute Gasteiger partial charge is 0.315 e. The minimum atomic E-state index is -0.518. The molecule has 2 aromatic carbocycles. The number of esters is 1. The first-order valence-electron chi connectivity index (χ1n) is 6.80. The maximum atomic E-state index is 11.6. The Labute approximate surface area is 123 Å². The van der Waals surface area contributed by atoms with E-state index in [2.05, 4.69) is 5.32 Å². The van der Waals surface area contributed by atoms with Gasteiger partial charge in [0.1, 0.15) is 6.42 Å². The van der Waals surface area contributed by atoms with Gasteiger partial charge in [-0.3, -0.25) is 9.59 Å². The van der Waals surface area contributed by atoms with Gasteiger partial charge in [0.25, 0.3) is 0 Å². The van der Waals surface area contributed by atoms with Crippen molar-refractivity contribution >= 4 is 17.6 Å². The van der Waals surface area contributed by atoms with E-state index in [-0.39, 0.29) is 18.9 Å². The molecule has 108 valence electrons. The quantitative estimate of drug-likeness (QED) is 0.677. The zero-order valence-electron chi connectivity index (χ0n) is 11.8. The Kier molecular flexibility index (Phi) is 5.10. The van der Waals surface area contributed by atoms with Crippen LogP contribution in [0.5, 0.6) is 0 Å². The lowest BCUT2D eigenvalue weighted by Crippen LogP contribution is -2.18. The maximum Gasteiger partial charge on any atom is 0.315 e. The van der Waals surface area contributed by atoms with Gasteiger partial charge in [-0.2, -0.15) is 0 Å². The summed E-state index contributed by atoms with van der Waals surface area (Å²) >= 11 is 0. The largest absolute Gasteiger partial charge is 0.466 e. The van der Waals surface area contributed by atoms with Gasteiger partial charge in [0.2, 0.25) is 5.91 Å². The second-order valence-corrected chi connectivity index (χ2v) is 4.47. The molecule has 0 aliphatic rings. The SMILES string of the molecule is CCOC(=O)CC(=O)Nc1ccc(-c2ccccc2)cc1. The van der Waals surface area contributed by atoms with E-state index >= 15 is 0 Å². The Hall–Kier alpha value is -2.62. The van der Waals surface area contributed by atoms with Gasteiger partial charge in [0.05, 0.1) is 6.61 Å². The molecule has 0 spiro atoms. The summed E-state index contributed by atoms with van der Waals surface area (Å²) in [4.78, 5) is 22.8. The average Bonchev–Trinajstić information content (AvgIpc) is 2.49. The van der Waals surface area contributed by atoms with E-state index in [1.165, 1.54) is 0 Å². The number of hydrogen-bond acceptors (Lipinski definition) is 3. The number of rotatable bonds is 5. The van der Waals surface area contributed by atoms with Gasteiger partial charge in [-0.25, -0.2) is 0 Å². The first-order valence-corrected chi connectivity index (χ1v) is 6.80. The third-order valence-corrected chi connectivity index (χ3v) is 2.89. The maximum absolute atomic E-state index is 11.6. The van der Waals surface area contributed by atoms with Crippen LogP contribution in [-0.2, 0) is 14.3 Å². The highest BCUT2D eigenvalue weighted by atomic mass is 16.5. The van der Waals surface area contributed by atoms with Crippen molar-refractivity contribution in [3.63, 3.8) is 0 Å². The molecule has 0 saturated heterocycles. The highest BCUT2D eigenvalue weighted by Crippen LogP contribution is 2.20. The lowest BCUT2D eigenvalue weighted by Gasteiger charge is -2.06. The van der Waals surface area contributed by atoms with Crippen LogP contribution < -0.4 is 5.32 Å². The van der Waals surface area contributed by atoms with E-state index in [1.807, 2.05) is 54.6 Å². The molecule has 0 radical (unpaired) electrons. The topological polar surface area (TPSA) is 55.4 Å². The van der Waals surface area contributed by atoms with Crippen LogP contribution in [0.4, 0.5) is 5.69 Å². The van der Waals surface area contributed by atoms with E-state index < -0.39 is 5.97 Å². The zero-order chi connectivity index (χ0) is 15.1. The average molecular weight is 283 g/mol. The van der Waals surface area contributed by atoms with Crippen molar-refractivity contribution in [1.82, 2.24) is 0 Å². The molecule has 0 fully saturated rings. The zero-order valence-corrected chi connectivity index (χ0v) is 11.8. The van der Waals surface area contributed by atoms with Gasteiger partial charge in [-0.15, -0.1) is 0 Å². The minimum Gasteiger partial charge on any atom is -0.466 e. The van der Waals surface area contributed by atoms with Crippen molar-refractivity contribution in [3.05, 3.63) is 54.6 Å². The molecule has 0 heterocycles. The summed E-state index contributed by atoms with van der Waals surface area (Å²) in [7, 11) is 0. The van der Waals surface area contributed by atoms with Crippen LogP contribution in [0.25, 0.3) is 11.1 Å². The van der Waals surface area contributed by atoms with Crippen LogP contribution >= 0.6 is 0 Å². The summed E-state index contributed by atoms with van der Waals surface area (Å²) < 4.78 is 4.73. The summed E-state index contributed by atoms with van der Waals surface area (Å²) in [6.07, 6.45) is -0.270. The van der Waals surface area contributed by atoms with Gasteiger partial charge >= 0.3 is 5.97 Å². The van der Waals surface area contributed by atoms with E-state index in [9.17, 15) is 9.59 Å². The van der Waals surface area contributed by atoms with Gasteiger partial charge in [0.15, 0.2) is 0 Å². The van der Waals surface area contributed by atoms with Crippen LogP contribution in [0.15, 0.2) is 54.6 Å². The fourth-order valence-corrected chi connectivity index (χ4v) is 1.92. The van der Waals surface area contributed by atoms with Crippen LogP contribution in [0.3, 0.4) is 0 Å². The number of amides is 1. The minimum absolute atomic E-state index is 0.270. The molecule has 4 heteroatoms. The molecule has 0 atom stereocenters. The van der Waals surface area contributed by atoms with Gasteiger partial charge in [0, 0.05) is 5.69 Å². The molecular formula is C17H17NO3. The highest BCUT2D eigenvalue weighted by Gasteiger charge is 2.10. The fraction of sp³-hybridized carbons (Fsp3) is 0.176. The lowest BCUT2D eigenvalue weighted by atomic mass is 10.1. The van der Waals surface area contributed by atoms with E-state index in [1.54, 1.807) is 6.92 Å². The highest BCUT2D eigenvalue weighted by molar-refractivity contribution is 6.01. The molecule has 0 bridgehead atoms. The standard InChI is InChI=1S/C17H17NO3/c1-2-21-17(20)12-16(19)18-15-10-8-14(9-11-15)13-6-4-3-5-7-13/h3-11H,2,12H2,1H3,(H,18,19). The summed E-state index contributed by atoms with van der Waals surface area (Å²) in [5.74, 6) is -0.892. The first-order chi connectivity index (χ1) is 10.2. The third kappa shape index (κ3) is 4.45. The number of carbonyl (C=O) groups is 2. The van der Waals surface area contributed by atoms with Crippen molar-refractivity contribution < 1.29 is 14.3 Å². The summed E-state index contributed by atoms with van der Waals surface area (Å²) in [6, 6.07) is 17.4. The van der Waals surface area contributed by atoms with Crippen LogP contribution in [0.2, 0.25) is 0 Å². The normalized spacial score (nSPS) is 9.95. The fourth-order valence-electron chi connectivity index (χ4n) is 1.92. The number of hydrogen-bond donors (Lipinski definition) is 1. The number of ether oxygens (including phenoxy) is 1. The Balaban J connectivity index is 1.97. The summed E-state index contributed by atoms with van der Waals surface area (Å²) in [6.45, 7) is 1.98. The van der Waals surface area contributed by atoms with Crippen molar-refractivity contribution in [3.8, 4) is 11.1 Å². The number of anilines is 1. The molecule has 0 saturated carbocycles. The van der Waals surface area contributed by atoms with Crippen molar-refractivity contribution in [1.29, 1.82) is 0 Å². The first kappa shape index (κ1) is 14.8. The molecule has 4 nitrogen and oxygen atoms in total. The molecule has 21 heavy (non-hydrogen) atoms. The molecule has 1 N–H and O–H groups in total. The lowest BCUT2D eigenvalue weighted by molar-refractivity contribution is -0.145. The molecule has 0 unspecified atom stereocenters. The van der Waals surface area contributed by atoms with Gasteiger partial charge in [-0.05, 0) is 30.2 Å². The molecule has 0 aromatic heterocycles. The molecule has 2 aromatic rings. The Morgan fingerprint density at radius 3 is 2.19 bits per heavy atom. The number of benzene rings is 2.